The van der Waals surface area contributed by atoms with E-state index in [9.17, 15) is 9.90 Å². The van der Waals surface area contributed by atoms with Crippen LogP contribution in [-0.4, -0.2) is 28.3 Å². The maximum Gasteiger partial charge on any atom is 0.164 e. The molecule has 1 radical (unpaired) electrons. The van der Waals surface area contributed by atoms with Crippen molar-refractivity contribution in [3.05, 3.63) is 77.7 Å². The van der Waals surface area contributed by atoms with E-state index in [0.717, 1.165) is 59.3 Å². The summed E-state index contributed by atoms with van der Waals surface area (Å²) in [5, 5.41) is 17.4. The number of aryl methyl sites for hydroxylation is 1. The molecule has 0 atom stereocenters. The Morgan fingerprint density at radius 3 is 2.10 bits per heavy atom. The summed E-state index contributed by atoms with van der Waals surface area (Å²) in [6.07, 6.45) is 6.12. The smallest absolute Gasteiger partial charge is 0.164 e. The van der Waals surface area contributed by atoms with E-state index in [1.165, 1.54) is 44.1 Å². The second-order valence-corrected chi connectivity index (χ2v) is 22.5. The van der Waals surface area contributed by atoms with Gasteiger partial charge in [-0.25, -0.2) is 0 Å². The first-order valence-corrected chi connectivity index (χ1v) is 22.1. The molecule has 6 heteroatoms. The zero-order chi connectivity index (χ0) is 37.8. The molecule has 1 N–H and O–H groups in total. The minimum Gasteiger partial charge on any atom is -0.512 e. The molecular weight excluding hydrogens is 821 g/mol. The van der Waals surface area contributed by atoms with Crippen molar-refractivity contribution < 1.29 is 31.4 Å². The van der Waals surface area contributed by atoms with E-state index in [0.29, 0.717) is 6.17 Å². The number of carbonyl (C=O) groups is 1. The van der Waals surface area contributed by atoms with Crippen LogP contribution in [0.15, 0.2) is 60.5 Å². The number of aliphatic hydroxyl groups is 1. The minimum absolute atomic E-state index is 0. The van der Waals surface area contributed by atoms with Crippen LogP contribution in [0.2, 0.25) is 19.6 Å². The van der Waals surface area contributed by atoms with Crippen molar-refractivity contribution in [3.8, 4) is 0 Å². The number of ketones is 1. The number of fused-ring (bicyclic) bond motifs is 5. The molecule has 0 aliphatic rings. The molecule has 0 bridgehead atoms. The molecule has 0 fully saturated rings. The molecule has 51 heavy (non-hydrogen) atoms. The summed E-state index contributed by atoms with van der Waals surface area (Å²) in [7, 11) is -1.58. The van der Waals surface area contributed by atoms with Gasteiger partial charge in [-0.2, -0.15) is 0 Å². The van der Waals surface area contributed by atoms with Gasteiger partial charge in [0.2, 0.25) is 0 Å². The molecule has 0 amide bonds. The predicted octanol–water partition coefficient (Wildman–Crippen LogP) is 12.3. The molecule has 3 aromatic heterocycles. The third kappa shape index (κ3) is 7.70. The molecule has 3 aromatic carbocycles. The Hall–Kier alpha value is -3.05. The second kappa shape index (κ2) is 14.8. The van der Waals surface area contributed by atoms with Crippen LogP contribution < -0.4 is 5.19 Å². The molecule has 0 spiro atoms. The summed E-state index contributed by atoms with van der Waals surface area (Å²) in [6.45, 7) is 28.3. The van der Waals surface area contributed by atoms with E-state index < -0.39 is 8.07 Å². The van der Waals surface area contributed by atoms with Gasteiger partial charge in [-0.15, -0.1) is 17.7 Å². The van der Waals surface area contributed by atoms with Gasteiger partial charge in [0.05, 0.1) is 9.44 Å². The minimum atomic E-state index is -1.58. The van der Waals surface area contributed by atoms with Gasteiger partial charge >= 0.3 is 0 Å². The molecule has 0 aliphatic heterocycles. The summed E-state index contributed by atoms with van der Waals surface area (Å²) >= 11 is 0. The van der Waals surface area contributed by atoms with Crippen LogP contribution in [0.5, 0.6) is 0 Å². The first kappa shape index (κ1) is 39.2. The van der Waals surface area contributed by atoms with Crippen molar-refractivity contribution >= 4 is 68.0 Å². The monoisotopic (exact) mass is 881 g/mol. The van der Waals surface area contributed by atoms with Crippen LogP contribution in [0.1, 0.15) is 100 Å². The van der Waals surface area contributed by atoms with Crippen LogP contribution in [-0.2, 0) is 31.3 Å². The molecule has 4 nitrogen and oxygen atoms in total. The van der Waals surface area contributed by atoms with Gasteiger partial charge in [0.25, 0.3) is 0 Å². The van der Waals surface area contributed by atoms with Crippen LogP contribution in [0.25, 0.3) is 49.0 Å². The third-order valence-corrected chi connectivity index (χ3v) is 13.5. The fourth-order valence-electron chi connectivity index (χ4n) is 7.12. The Labute approximate surface area is 322 Å². The van der Waals surface area contributed by atoms with Crippen LogP contribution in [0.3, 0.4) is 0 Å². The second-order valence-electron chi connectivity index (χ2n) is 17.4. The SMILES string of the molecule is CCC(C)(CC)C(=O)/C=C(\O)C(C)(CC)CC.[2H]c1cc2cc([Si](C)(C)C)cc3c2c(n1)c1[c-]c(C)cc2c4cc(CC(C)(C)C)ccc4n3c12.[Ir]. The number of benzene rings is 3. The average Bonchev–Trinajstić information content (AvgIpc) is 3.38. The Balaban J connectivity index is 0.000000289. The molecule has 6 rings (SSSR count). The molecule has 0 saturated heterocycles. The van der Waals surface area contributed by atoms with Gasteiger partial charge in [0.1, 0.15) is 5.76 Å². The maximum atomic E-state index is 12.2. The predicted molar refractivity (Wildman–Crippen MR) is 219 cm³/mol. The van der Waals surface area contributed by atoms with Crippen molar-refractivity contribution in [2.24, 2.45) is 16.2 Å². The summed E-state index contributed by atoms with van der Waals surface area (Å²) in [6, 6.07) is 19.5. The molecule has 0 unspecified atom stereocenters. The summed E-state index contributed by atoms with van der Waals surface area (Å²) in [4.78, 5) is 16.9. The molecule has 0 aliphatic carbocycles. The summed E-state index contributed by atoms with van der Waals surface area (Å²) in [5.41, 5.74) is 6.62. The van der Waals surface area contributed by atoms with E-state index >= 15 is 0 Å². The first-order chi connectivity index (χ1) is 23.7. The number of carbonyl (C=O) groups excluding carboxylic acids is 1. The number of rotatable bonds is 9. The number of aliphatic hydroxyl groups excluding tert-OH is 1. The number of hydrogen-bond acceptors (Lipinski definition) is 3. The molecule has 3 heterocycles. The van der Waals surface area contributed by atoms with E-state index in [2.05, 4.69) is 94.2 Å². The number of nitrogens with zero attached hydrogens (tertiary/aromatic N) is 2. The van der Waals surface area contributed by atoms with Crippen molar-refractivity contribution in [3.63, 3.8) is 0 Å². The maximum absolute atomic E-state index is 12.2. The van der Waals surface area contributed by atoms with Crippen molar-refractivity contribution in [1.82, 2.24) is 9.38 Å². The standard InChI is InChI=1S/C30H31N2Si.C15H28O2.Ir/c1-18-12-23-22-14-19(17-30(2,3)4)8-9-25(22)32-26-16-21(33(5,6)7)15-20-10-11-31-28(27(20)26)24(13-18)29(23)32;1-7-14(5,8-2)12(16)11-13(17)15(6,9-3)10-4;/h8-12,14-16H,17H2,1-7H3;11,16H,7-10H2,1-6H3;/q-1;;/b;12-11-;/i11D;;. The van der Waals surface area contributed by atoms with Crippen molar-refractivity contribution in [2.75, 3.05) is 0 Å². The van der Waals surface area contributed by atoms with Crippen molar-refractivity contribution in [1.29, 1.82) is 0 Å². The van der Waals surface area contributed by atoms with E-state index in [-0.39, 0.29) is 47.9 Å². The number of pyridine rings is 2. The van der Waals surface area contributed by atoms with E-state index in [1.54, 1.807) is 0 Å². The normalized spacial score (nSPS) is 13.6. The Bertz CT molecular complexity index is 2280. The zero-order valence-electron chi connectivity index (χ0n) is 34.2. The number of aromatic nitrogens is 2. The van der Waals surface area contributed by atoms with Gasteiger partial charge in [0.15, 0.2) is 5.78 Å². The van der Waals surface area contributed by atoms with Crippen LogP contribution in [0, 0.1) is 29.2 Å². The van der Waals surface area contributed by atoms with Gasteiger partial charge in [-0.1, -0.05) is 123 Å². The van der Waals surface area contributed by atoms with E-state index in [4.69, 9.17) is 6.35 Å². The molecule has 0 saturated carbocycles. The quantitative estimate of drug-likeness (QED) is 0.0393. The first-order valence-electron chi connectivity index (χ1n) is 19.1. The average molecular weight is 881 g/mol. The Kier molecular flexibility index (Phi) is 11.3. The van der Waals surface area contributed by atoms with Crippen LogP contribution in [0.4, 0.5) is 0 Å². The Morgan fingerprint density at radius 2 is 1.53 bits per heavy atom. The number of hydrogen-bond donors (Lipinski definition) is 1. The molecular formula is C45H59IrN2O2Si-. The van der Waals surface area contributed by atoms with Crippen molar-refractivity contribution in [2.45, 2.75) is 121 Å². The van der Waals surface area contributed by atoms with Gasteiger partial charge in [-0.05, 0) is 88.5 Å². The summed E-state index contributed by atoms with van der Waals surface area (Å²) < 4.78 is 10.9. The largest absolute Gasteiger partial charge is 0.512 e. The van der Waals surface area contributed by atoms with Gasteiger partial charge < -0.3 is 14.5 Å². The van der Waals surface area contributed by atoms with Gasteiger partial charge in [-0.3, -0.25) is 4.79 Å². The Morgan fingerprint density at radius 1 is 0.902 bits per heavy atom. The fourth-order valence-corrected chi connectivity index (χ4v) is 8.28. The molecule has 6 aromatic rings. The number of allylic oxidation sites excluding steroid dienone is 2. The third-order valence-electron chi connectivity index (χ3n) is 11.5. The zero-order valence-corrected chi connectivity index (χ0v) is 36.6. The molecule has 275 valence electrons. The fraction of sp³-hybridized carbons (Fsp3) is 0.467. The van der Waals surface area contributed by atoms with Gasteiger partial charge in [0, 0.05) is 54.2 Å². The van der Waals surface area contributed by atoms with E-state index in [1.807, 2.05) is 47.6 Å². The summed E-state index contributed by atoms with van der Waals surface area (Å²) in [5.74, 6) is 0.286. The van der Waals surface area contributed by atoms with Crippen LogP contribution >= 0.6 is 0 Å². The topological polar surface area (TPSA) is 54.6 Å².